The highest BCUT2D eigenvalue weighted by molar-refractivity contribution is 5.51. The Hall–Kier alpha value is -3.27. The summed E-state index contributed by atoms with van der Waals surface area (Å²) in [6.45, 7) is 1.78. The van der Waals surface area contributed by atoms with Crippen molar-refractivity contribution in [3.8, 4) is 11.8 Å². The molecule has 3 aromatic rings. The zero-order chi connectivity index (χ0) is 18.0. The van der Waals surface area contributed by atoms with Gasteiger partial charge in [-0.2, -0.15) is 5.26 Å². The van der Waals surface area contributed by atoms with Gasteiger partial charge in [-0.25, -0.2) is 18.2 Å². The average molecular weight is 342 g/mol. The van der Waals surface area contributed by atoms with E-state index in [2.05, 4.69) is 10.3 Å². The topological polar surface area (TPSA) is 53.6 Å². The lowest BCUT2D eigenvalue weighted by Gasteiger charge is -2.11. The molecule has 126 valence electrons. The van der Waals surface area contributed by atoms with Crippen molar-refractivity contribution in [2.75, 3.05) is 5.32 Å². The largest absolute Gasteiger partial charge is 0.376 e. The molecule has 4 nitrogen and oxygen atoms in total. The zero-order valence-electron chi connectivity index (χ0n) is 13.2. The van der Waals surface area contributed by atoms with Crippen molar-refractivity contribution in [3.05, 3.63) is 77.1 Å². The van der Waals surface area contributed by atoms with Crippen LogP contribution in [0.15, 0.2) is 42.7 Å². The number of hydrogen-bond acceptors (Lipinski definition) is 3. The number of aromatic nitrogens is 2. The minimum absolute atomic E-state index is 0.0276. The van der Waals surface area contributed by atoms with Crippen LogP contribution in [0.2, 0.25) is 0 Å². The fraction of sp³-hybridized carbons (Fsp3) is 0.111. The van der Waals surface area contributed by atoms with Gasteiger partial charge in [0.25, 0.3) is 0 Å². The van der Waals surface area contributed by atoms with Crippen LogP contribution < -0.4 is 5.32 Å². The molecule has 1 heterocycles. The van der Waals surface area contributed by atoms with Crippen LogP contribution in [-0.2, 0) is 6.54 Å². The monoisotopic (exact) mass is 342 g/mol. The van der Waals surface area contributed by atoms with Crippen LogP contribution in [0.25, 0.3) is 5.69 Å². The number of rotatable bonds is 4. The third kappa shape index (κ3) is 3.33. The van der Waals surface area contributed by atoms with E-state index in [1.54, 1.807) is 42.1 Å². The van der Waals surface area contributed by atoms with E-state index in [0.717, 1.165) is 12.1 Å². The van der Waals surface area contributed by atoms with E-state index in [1.807, 2.05) is 0 Å². The summed E-state index contributed by atoms with van der Waals surface area (Å²) >= 11 is 0. The second-order valence-electron chi connectivity index (χ2n) is 5.41. The molecular formula is C18H13F3N4. The molecule has 1 aromatic heterocycles. The summed E-state index contributed by atoms with van der Waals surface area (Å²) < 4.78 is 43.6. The summed E-state index contributed by atoms with van der Waals surface area (Å²) in [4.78, 5) is 4.04. The maximum atomic E-state index is 14.3. The first kappa shape index (κ1) is 16.6. The molecule has 2 aromatic carbocycles. The second-order valence-corrected chi connectivity index (χ2v) is 5.41. The highest BCUT2D eigenvalue weighted by Gasteiger charge is 2.12. The van der Waals surface area contributed by atoms with Gasteiger partial charge in [0.1, 0.15) is 17.3 Å². The fourth-order valence-electron chi connectivity index (χ4n) is 2.49. The smallest absolute Gasteiger partial charge is 0.150 e. The number of nitriles is 1. The lowest BCUT2D eigenvalue weighted by molar-refractivity contribution is 0.587. The van der Waals surface area contributed by atoms with Gasteiger partial charge in [0, 0.05) is 18.9 Å². The molecule has 0 atom stereocenters. The Morgan fingerprint density at radius 2 is 1.84 bits per heavy atom. The lowest BCUT2D eigenvalue weighted by Crippen LogP contribution is -2.06. The van der Waals surface area contributed by atoms with E-state index in [4.69, 9.17) is 5.26 Å². The Labute approximate surface area is 142 Å². The highest BCUT2D eigenvalue weighted by Crippen LogP contribution is 2.22. The number of nitrogens with zero attached hydrogens (tertiary/aromatic N) is 3. The molecular weight excluding hydrogens is 329 g/mol. The van der Waals surface area contributed by atoms with Crippen LogP contribution in [0.1, 0.15) is 17.0 Å². The summed E-state index contributed by atoms with van der Waals surface area (Å²) in [6.07, 6.45) is 3.22. The number of anilines is 1. The Bertz CT molecular complexity index is 950. The Kier molecular flexibility index (Phi) is 4.44. The molecule has 1 N–H and O–H groups in total. The van der Waals surface area contributed by atoms with Gasteiger partial charge in [-0.05, 0) is 36.8 Å². The standard InChI is InChI=1S/C18H13F3N4/c1-11-23-4-5-25(11)17-3-2-12(6-14(17)19)10-24-18-15(20)7-13(9-22)8-16(18)21/h2-8,24H,10H2,1H3. The predicted molar refractivity (Wildman–Crippen MR) is 86.7 cm³/mol. The number of hydrogen-bond donors (Lipinski definition) is 1. The molecule has 0 fully saturated rings. The van der Waals surface area contributed by atoms with Gasteiger partial charge in [-0.1, -0.05) is 6.07 Å². The van der Waals surface area contributed by atoms with Crippen molar-refractivity contribution in [2.45, 2.75) is 13.5 Å². The number of aryl methyl sites for hydroxylation is 1. The maximum absolute atomic E-state index is 14.3. The highest BCUT2D eigenvalue weighted by atomic mass is 19.1. The maximum Gasteiger partial charge on any atom is 0.150 e. The summed E-state index contributed by atoms with van der Waals surface area (Å²) in [6, 6.07) is 8.09. The first-order valence-corrected chi connectivity index (χ1v) is 7.41. The SMILES string of the molecule is Cc1nccn1-c1ccc(CNc2c(F)cc(C#N)cc2F)cc1F. The summed E-state index contributed by atoms with van der Waals surface area (Å²) in [5, 5.41) is 11.3. The minimum Gasteiger partial charge on any atom is -0.376 e. The third-order valence-corrected chi connectivity index (χ3v) is 3.74. The Morgan fingerprint density at radius 1 is 1.12 bits per heavy atom. The van der Waals surface area contributed by atoms with E-state index >= 15 is 0 Å². The van der Waals surface area contributed by atoms with Gasteiger partial charge in [0.15, 0.2) is 11.6 Å². The predicted octanol–water partition coefficient (Wildman–Crippen LogP) is 4.08. The lowest BCUT2D eigenvalue weighted by atomic mass is 10.1. The van der Waals surface area contributed by atoms with Crippen LogP contribution in [0.5, 0.6) is 0 Å². The molecule has 0 radical (unpaired) electrons. The summed E-state index contributed by atoms with van der Waals surface area (Å²) in [7, 11) is 0. The van der Waals surface area contributed by atoms with Gasteiger partial charge in [0.05, 0.1) is 17.3 Å². The normalized spacial score (nSPS) is 10.5. The van der Waals surface area contributed by atoms with Crippen LogP contribution >= 0.6 is 0 Å². The molecule has 7 heteroatoms. The third-order valence-electron chi connectivity index (χ3n) is 3.74. The van der Waals surface area contributed by atoms with Gasteiger partial charge in [0.2, 0.25) is 0 Å². The van der Waals surface area contributed by atoms with E-state index in [0.29, 0.717) is 17.1 Å². The second kappa shape index (κ2) is 6.69. The molecule has 25 heavy (non-hydrogen) atoms. The first-order valence-electron chi connectivity index (χ1n) is 7.41. The molecule has 0 aliphatic heterocycles. The van der Waals surface area contributed by atoms with Crippen LogP contribution in [0, 0.1) is 35.7 Å². The van der Waals surface area contributed by atoms with Crippen LogP contribution in [-0.4, -0.2) is 9.55 Å². The van der Waals surface area contributed by atoms with Gasteiger partial charge in [-0.15, -0.1) is 0 Å². The first-order chi connectivity index (χ1) is 12.0. The number of benzene rings is 2. The molecule has 0 aliphatic carbocycles. The van der Waals surface area contributed by atoms with Gasteiger partial charge >= 0.3 is 0 Å². The van der Waals surface area contributed by atoms with Gasteiger partial charge < -0.3 is 9.88 Å². The Morgan fingerprint density at radius 3 is 2.40 bits per heavy atom. The van der Waals surface area contributed by atoms with Crippen LogP contribution in [0.3, 0.4) is 0 Å². The van der Waals surface area contributed by atoms with Crippen molar-refractivity contribution in [2.24, 2.45) is 0 Å². The number of imidazole rings is 1. The van der Waals surface area contributed by atoms with Crippen LogP contribution in [0.4, 0.5) is 18.9 Å². The molecule has 0 amide bonds. The van der Waals surface area contributed by atoms with Gasteiger partial charge in [-0.3, -0.25) is 0 Å². The molecule has 0 aliphatic rings. The quantitative estimate of drug-likeness (QED) is 0.777. The van der Waals surface area contributed by atoms with Crippen molar-refractivity contribution in [1.82, 2.24) is 9.55 Å². The average Bonchev–Trinajstić information content (AvgIpc) is 3.00. The molecule has 0 bridgehead atoms. The number of halogens is 3. The number of nitrogens with one attached hydrogen (secondary N) is 1. The molecule has 3 rings (SSSR count). The van der Waals surface area contributed by atoms with E-state index in [1.165, 1.54) is 6.07 Å². The molecule has 0 unspecified atom stereocenters. The minimum atomic E-state index is -0.873. The molecule has 0 saturated carbocycles. The fourth-order valence-corrected chi connectivity index (χ4v) is 2.49. The van der Waals surface area contributed by atoms with Crippen molar-refractivity contribution in [3.63, 3.8) is 0 Å². The van der Waals surface area contributed by atoms with E-state index in [-0.39, 0.29) is 17.8 Å². The zero-order valence-corrected chi connectivity index (χ0v) is 13.2. The Balaban J connectivity index is 1.80. The van der Waals surface area contributed by atoms with E-state index in [9.17, 15) is 13.2 Å². The van der Waals surface area contributed by atoms with E-state index < -0.39 is 17.5 Å². The summed E-state index contributed by atoms with van der Waals surface area (Å²) in [5.41, 5.74) is 0.400. The summed E-state index contributed by atoms with van der Waals surface area (Å²) in [5.74, 6) is -1.57. The molecule has 0 spiro atoms. The van der Waals surface area contributed by atoms with Crippen molar-refractivity contribution >= 4 is 5.69 Å². The molecule has 0 saturated heterocycles. The van der Waals surface area contributed by atoms with Crippen molar-refractivity contribution < 1.29 is 13.2 Å². The van der Waals surface area contributed by atoms with Crippen molar-refractivity contribution in [1.29, 1.82) is 5.26 Å².